The van der Waals surface area contributed by atoms with E-state index in [-0.39, 0.29) is 11.6 Å². The number of nitro groups is 1. The van der Waals surface area contributed by atoms with Crippen LogP contribution in [0.3, 0.4) is 0 Å². The summed E-state index contributed by atoms with van der Waals surface area (Å²) in [7, 11) is 0. The molecule has 0 radical (unpaired) electrons. The molecule has 2 heterocycles. The van der Waals surface area contributed by atoms with Crippen molar-refractivity contribution in [1.82, 2.24) is 9.88 Å². The first-order valence-corrected chi connectivity index (χ1v) is 12.0. The van der Waals surface area contributed by atoms with Crippen LogP contribution >= 0.6 is 11.3 Å². The Kier molecular flexibility index (Phi) is 7.39. The van der Waals surface area contributed by atoms with Gasteiger partial charge >= 0.3 is 0 Å². The second-order valence-electron chi connectivity index (χ2n) is 7.66. The second kappa shape index (κ2) is 10.6. The molecule has 34 heavy (non-hydrogen) atoms. The number of likely N-dealkylation sites (N-methyl/N-ethyl adjacent to an activating group) is 1. The number of benzene rings is 2. The first-order chi connectivity index (χ1) is 16.5. The Morgan fingerprint density at radius 3 is 2.44 bits per heavy atom. The smallest absolute Gasteiger partial charge is 0.269 e. The van der Waals surface area contributed by atoms with E-state index >= 15 is 0 Å². The van der Waals surface area contributed by atoms with Crippen molar-refractivity contribution in [2.24, 2.45) is 0 Å². The molecule has 0 N–H and O–H groups in total. The van der Waals surface area contributed by atoms with E-state index < -0.39 is 4.92 Å². The molecule has 0 fully saturated rings. The number of carbonyl (C=O) groups is 1. The van der Waals surface area contributed by atoms with Crippen molar-refractivity contribution in [3.05, 3.63) is 58.2 Å². The summed E-state index contributed by atoms with van der Waals surface area (Å²) >= 11 is 1.43. The number of anilines is 1. The number of amides is 1. The molecule has 2 aromatic carbocycles. The molecule has 10 heteroatoms. The van der Waals surface area contributed by atoms with E-state index in [1.807, 2.05) is 12.1 Å². The molecule has 0 saturated carbocycles. The van der Waals surface area contributed by atoms with Gasteiger partial charge in [0.15, 0.2) is 16.6 Å². The summed E-state index contributed by atoms with van der Waals surface area (Å²) in [5.41, 5.74) is 1.47. The van der Waals surface area contributed by atoms with Crippen molar-refractivity contribution >= 4 is 44.4 Å². The Hall–Kier alpha value is -3.50. The highest BCUT2D eigenvalue weighted by Crippen LogP contribution is 2.38. The Labute approximate surface area is 201 Å². The maximum absolute atomic E-state index is 13.2. The molecule has 1 aliphatic rings. The van der Waals surface area contributed by atoms with E-state index in [4.69, 9.17) is 14.5 Å². The van der Waals surface area contributed by atoms with Crippen molar-refractivity contribution in [2.75, 3.05) is 44.3 Å². The zero-order chi connectivity index (χ0) is 24.1. The number of hydrogen-bond donors (Lipinski definition) is 0. The second-order valence-corrected chi connectivity index (χ2v) is 8.67. The SMILES string of the molecule is CCN(CC)CCN(C(=O)/C=C\c1ccc([N+](=O)[O-])cc1)c1nc2cc3c(cc2s1)OCCO3. The van der Waals surface area contributed by atoms with Crippen molar-refractivity contribution in [3.8, 4) is 11.5 Å². The summed E-state index contributed by atoms with van der Waals surface area (Å²) in [5, 5.41) is 11.5. The number of fused-ring (bicyclic) bond motifs is 2. The first-order valence-electron chi connectivity index (χ1n) is 11.1. The van der Waals surface area contributed by atoms with Crippen LogP contribution in [-0.4, -0.2) is 60.1 Å². The van der Waals surface area contributed by atoms with Crippen LogP contribution in [0.1, 0.15) is 19.4 Å². The molecular weight excluding hydrogens is 456 g/mol. The fourth-order valence-corrected chi connectivity index (χ4v) is 4.62. The van der Waals surface area contributed by atoms with Gasteiger partial charge in [-0.15, -0.1) is 0 Å². The molecule has 9 nitrogen and oxygen atoms in total. The standard InChI is InChI=1S/C24H26N4O5S/c1-3-26(4-2)11-12-27(23(29)10-7-17-5-8-18(9-6-17)28(30)31)24-25-19-15-20-21(16-22(19)34-24)33-14-13-32-20/h5-10,15-16H,3-4,11-14H2,1-2H3/b10-7-. The molecule has 1 aliphatic heterocycles. The van der Waals surface area contributed by atoms with Crippen molar-refractivity contribution in [1.29, 1.82) is 0 Å². The fraction of sp³-hybridized carbons (Fsp3) is 0.333. The molecule has 1 amide bonds. The summed E-state index contributed by atoms with van der Waals surface area (Å²) < 4.78 is 12.3. The molecule has 0 atom stereocenters. The summed E-state index contributed by atoms with van der Waals surface area (Å²) in [5.74, 6) is 1.14. The fourth-order valence-electron chi connectivity index (χ4n) is 3.61. The summed E-state index contributed by atoms with van der Waals surface area (Å²) in [4.78, 5) is 32.3. The Bertz CT molecular complexity index is 1160. The molecular formula is C24H26N4O5S. The highest BCUT2D eigenvalue weighted by Gasteiger charge is 2.21. The van der Waals surface area contributed by atoms with Crippen LogP contribution < -0.4 is 14.4 Å². The van der Waals surface area contributed by atoms with E-state index in [1.54, 1.807) is 23.1 Å². The van der Waals surface area contributed by atoms with E-state index in [0.29, 0.717) is 48.5 Å². The van der Waals surface area contributed by atoms with Gasteiger partial charge in [0.2, 0.25) is 0 Å². The third kappa shape index (κ3) is 5.35. The molecule has 3 aromatic rings. The third-order valence-corrected chi connectivity index (χ3v) is 6.64. The number of thiazole rings is 1. The maximum Gasteiger partial charge on any atom is 0.269 e. The molecule has 1 aromatic heterocycles. The molecule has 178 valence electrons. The molecule has 4 rings (SSSR count). The Morgan fingerprint density at radius 1 is 1.12 bits per heavy atom. The Balaban J connectivity index is 1.60. The number of nitro benzene ring substituents is 1. The minimum absolute atomic E-state index is 0.00876. The first kappa shape index (κ1) is 23.7. The number of ether oxygens (including phenoxy) is 2. The van der Waals surface area contributed by atoms with Crippen molar-refractivity contribution < 1.29 is 19.2 Å². The lowest BCUT2D eigenvalue weighted by Crippen LogP contribution is -2.38. The molecule has 0 unspecified atom stereocenters. The van der Waals surface area contributed by atoms with Crippen LogP contribution in [0.4, 0.5) is 10.8 Å². The maximum atomic E-state index is 13.2. The van der Waals surface area contributed by atoms with Gasteiger partial charge in [-0.25, -0.2) is 4.98 Å². The van der Waals surface area contributed by atoms with Crippen molar-refractivity contribution in [2.45, 2.75) is 13.8 Å². The predicted molar refractivity (Wildman–Crippen MR) is 133 cm³/mol. The lowest BCUT2D eigenvalue weighted by molar-refractivity contribution is -0.384. The van der Waals surface area contributed by atoms with Gasteiger partial charge < -0.3 is 14.4 Å². The third-order valence-electron chi connectivity index (χ3n) is 5.59. The van der Waals surface area contributed by atoms with Gasteiger partial charge in [-0.1, -0.05) is 25.2 Å². The summed E-state index contributed by atoms with van der Waals surface area (Å²) in [6, 6.07) is 9.83. The number of aromatic nitrogens is 1. The number of carbonyl (C=O) groups excluding carboxylic acids is 1. The van der Waals surface area contributed by atoms with E-state index in [1.165, 1.54) is 29.5 Å². The van der Waals surface area contributed by atoms with Gasteiger partial charge in [-0.2, -0.15) is 0 Å². The van der Waals surface area contributed by atoms with Crippen LogP contribution in [0.5, 0.6) is 11.5 Å². The topological polar surface area (TPSA) is 98.0 Å². The molecule has 0 aliphatic carbocycles. The largest absolute Gasteiger partial charge is 0.486 e. The lowest BCUT2D eigenvalue weighted by atomic mass is 10.2. The van der Waals surface area contributed by atoms with Crippen LogP contribution in [-0.2, 0) is 4.79 Å². The average molecular weight is 483 g/mol. The van der Waals surface area contributed by atoms with Crippen LogP contribution in [0.15, 0.2) is 42.5 Å². The van der Waals surface area contributed by atoms with Gasteiger partial charge in [0, 0.05) is 43.4 Å². The van der Waals surface area contributed by atoms with Gasteiger partial charge in [-0.05, 0) is 36.9 Å². The highest BCUT2D eigenvalue weighted by atomic mass is 32.1. The minimum Gasteiger partial charge on any atom is -0.486 e. The summed E-state index contributed by atoms with van der Waals surface area (Å²) in [6.45, 7) is 8.15. The zero-order valence-electron chi connectivity index (χ0n) is 19.1. The quantitative estimate of drug-likeness (QED) is 0.254. The van der Waals surface area contributed by atoms with Gasteiger partial charge in [0.05, 0.1) is 15.1 Å². The van der Waals surface area contributed by atoms with Crippen LogP contribution in [0, 0.1) is 10.1 Å². The number of nitrogens with zero attached hydrogens (tertiary/aromatic N) is 4. The van der Waals surface area contributed by atoms with Crippen molar-refractivity contribution in [3.63, 3.8) is 0 Å². The van der Waals surface area contributed by atoms with Crippen LogP contribution in [0.25, 0.3) is 16.3 Å². The monoisotopic (exact) mass is 482 g/mol. The van der Waals surface area contributed by atoms with Gasteiger partial charge in [-0.3, -0.25) is 19.8 Å². The van der Waals surface area contributed by atoms with E-state index in [0.717, 1.165) is 23.3 Å². The van der Waals surface area contributed by atoms with E-state index in [9.17, 15) is 14.9 Å². The lowest BCUT2D eigenvalue weighted by Gasteiger charge is -2.23. The zero-order valence-corrected chi connectivity index (χ0v) is 19.9. The van der Waals surface area contributed by atoms with Crippen LogP contribution in [0.2, 0.25) is 0 Å². The van der Waals surface area contributed by atoms with Gasteiger partial charge in [0.1, 0.15) is 13.2 Å². The number of hydrogen-bond acceptors (Lipinski definition) is 8. The average Bonchev–Trinajstić information content (AvgIpc) is 3.26. The number of non-ortho nitro benzene ring substituents is 1. The Morgan fingerprint density at radius 2 is 1.79 bits per heavy atom. The minimum atomic E-state index is -0.450. The predicted octanol–water partition coefficient (Wildman–Crippen LogP) is 4.36. The molecule has 0 spiro atoms. The number of rotatable bonds is 9. The summed E-state index contributed by atoms with van der Waals surface area (Å²) in [6.07, 6.45) is 3.14. The molecule has 0 bridgehead atoms. The normalized spacial score (nSPS) is 13.0. The highest BCUT2D eigenvalue weighted by molar-refractivity contribution is 7.22. The molecule has 0 saturated heterocycles. The van der Waals surface area contributed by atoms with Gasteiger partial charge in [0.25, 0.3) is 11.6 Å². The van der Waals surface area contributed by atoms with E-state index in [2.05, 4.69) is 18.7 Å².